The number of ether oxygens (including phenoxy) is 1. The number of carbonyl (C=O) groups excluding carboxylic acids is 1. The van der Waals surface area contributed by atoms with Crippen LogP contribution in [0.25, 0.3) is 0 Å². The summed E-state index contributed by atoms with van der Waals surface area (Å²) in [6.07, 6.45) is 2.26. The van der Waals surface area contributed by atoms with Gasteiger partial charge in [-0.2, -0.15) is 0 Å². The van der Waals surface area contributed by atoms with Crippen LogP contribution in [0, 0.1) is 6.92 Å². The summed E-state index contributed by atoms with van der Waals surface area (Å²) in [4.78, 5) is 11.6. The van der Waals surface area contributed by atoms with E-state index in [4.69, 9.17) is 4.74 Å². The van der Waals surface area contributed by atoms with Crippen LogP contribution < -0.4 is 10.1 Å². The van der Waals surface area contributed by atoms with Crippen LogP contribution >= 0.6 is 0 Å². The lowest BCUT2D eigenvalue weighted by Gasteiger charge is -2.15. The zero-order chi connectivity index (χ0) is 13.8. The molecule has 1 saturated carbocycles. The van der Waals surface area contributed by atoms with Crippen LogP contribution in [0.4, 0.5) is 0 Å². The highest BCUT2D eigenvalue weighted by atomic mass is 16.5. The third kappa shape index (κ3) is 3.96. The number of rotatable bonds is 6. The number of amides is 1. The van der Waals surface area contributed by atoms with Crippen LogP contribution in [0.3, 0.4) is 0 Å². The van der Waals surface area contributed by atoms with Crippen molar-refractivity contribution < 1.29 is 14.6 Å². The van der Waals surface area contributed by atoms with Crippen molar-refractivity contribution in [1.29, 1.82) is 0 Å². The van der Waals surface area contributed by atoms with Crippen LogP contribution in [0.5, 0.6) is 5.75 Å². The standard InChI is InChI=1S/C15H21NO3/c1-10-3-7-14(19-2)12(9-10)13(17)6-8-15(18)16-11-4-5-11/h3,7,9,11,13,17H,4-6,8H2,1-2H3,(H,16,18). The highest BCUT2D eigenvalue weighted by Gasteiger charge is 2.23. The molecule has 0 aromatic heterocycles. The first-order valence-electron chi connectivity index (χ1n) is 6.72. The molecule has 4 heteroatoms. The van der Waals surface area contributed by atoms with Gasteiger partial charge in [-0.05, 0) is 38.3 Å². The zero-order valence-corrected chi connectivity index (χ0v) is 11.5. The number of carbonyl (C=O) groups is 1. The van der Waals surface area contributed by atoms with Gasteiger partial charge >= 0.3 is 0 Å². The number of nitrogens with one attached hydrogen (secondary N) is 1. The molecular weight excluding hydrogens is 242 g/mol. The smallest absolute Gasteiger partial charge is 0.220 e. The quantitative estimate of drug-likeness (QED) is 0.826. The van der Waals surface area contributed by atoms with Crippen LogP contribution in [-0.4, -0.2) is 24.2 Å². The van der Waals surface area contributed by atoms with Crippen molar-refractivity contribution in [2.75, 3.05) is 7.11 Å². The Labute approximate surface area is 113 Å². The molecule has 1 amide bonds. The summed E-state index contributed by atoms with van der Waals surface area (Å²) < 4.78 is 5.24. The lowest BCUT2D eigenvalue weighted by atomic mass is 10.0. The van der Waals surface area contributed by atoms with Gasteiger partial charge in [0, 0.05) is 18.0 Å². The fraction of sp³-hybridized carbons (Fsp3) is 0.533. The van der Waals surface area contributed by atoms with E-state index >= 15 is 0 Å². The molecule has 0 radical (unpaired) electrons. The number of methoxy groups -OCH3 is 1. The average Bonchev–Trinajstić information content (AvgIpc) is 3.19. The molecule has 2 rings (SSSR count). The van der Waals surface area contributed by atoms with E-state index in [9.17, 15) is 9.90 Å². The van der Waals surface area contributed by atoms with Gasteiger partial charge in [-0.3, -0.25) is 4.79 Å². The van der Waals surface area contributed by atoms with Crippen molar-refractivity contribution in [2.24, 2.45) is 0 Å². The summed E-state index contributed by atoms with van der Waals surface area (Å²) in [5.74, 6) is 0.689. The number of benzene rings is 1. The molecule has 2 N–H and O–H groups in total. The van der Waals surface area contributed by atoms with Gasteiger partial charge in [0.1, 0.15) is 5.75 Å². The summed E-state index contributed by atoms with van der Waals surface area (Å²) >= 11 is 0. The molecule has 1 aliphatic carbocycles. The Morgan fingerprint density at radius 2 is 2.26 bits per heavy atom. The van der Waals surface area contributed by atoms with Crippen LogP contribution in [0.1, 0.15) is 42.9 Å². The van der Waals surface area contributed by atoms with E-state index in [2.05, 4.69) is 5.32 Å². The molecule has 0 aliphatic heterocycles. The largest absolute Gasteiger partial charge is 0.496 e. The second-order valence-corrected chi connectivity index (χ2v) is 5.14. The Balaban J connectivity index is 1.92. The van der Waals surface area contributed by atoms with Crippen molar-refractivity contribution in [3.63, 3.8) is 0 Å². The molecule has 1 aliphatic rings. The lowest BCUT2D eigenvalue weighted by molar-refractivity contribution is -0.121. The Kier molecular flexibility index (Phi) is 4.43. The minimum absolute atomic E-state index is 0.0215. The van der Waals surface area contributed by atoms with Crippen LogP contribution in [-0.2, 0) is 4.79 Å². The molecule has 0 saturated heterocycles. The number of aryl methyl sites for hydroxylation is 1. The maximum Gasteiger partial charge on any atom is 0.220 e. The first-order chi connectivity index (χ1) is 9.10. The number of aliphatic hydroxyl groups excluding tert-OH is 1. The third-order valence-electron chi connectivity index (χ3n) is 3.33. The van der Waals surface area contributed by atoms with Crippen molar-refractivity contribution in [1.82, 2.24) is 5.32 Å². The first-order valence-corrected chi connectivity index (χ1v) is 6.72. The van der Waals surface area contributed by atoms with E-state index in [1.54, 1.807) is 7.11 Å². The van der Waals surface area contributed by atoms with Gasteiger partial charge in [0.05, 0.1) is 13.2 Å². The zero-order valence-electron chi connectivity index (χ0n) is 11.5. The van der Waals surface area contributed by atoms with Crippen LogP contribution in [0.15, 0.2) is 18.2 Å². The minimum Gasteiger partial charge on any atom is -0.496 e. The molecule has 104 valence electrons. The van der Waals surface area contributed by atoms with E-state index in [0.29, 0.717) is 24.6 Å². The summed E-state index contributed by atoms with van der Waals surface area (Å²) in [6, 6.07) is 6.06. The van der Waals surface area contributed by atoms with E-state index in [1.165, 1.54) is 0 Å². The molecule has 1 fully saturated rings. The molecule has 0 heterocycles. The predicted octanol–water partition coefficient (Wildman–Crippen LogP) is 2.10. The van der Waals surface area contributed by atoms with Gasteiger partial charge in [0.15, 0.2) is 0 Å². The second kappa shape index (κ2) is 6.06. The van der Waals surface area contributed by atoms with Gasteiger partial charge in [-0.15, -0.1) is 0 Å². The van der Waals surface area contributed by atoms with Crippen molar-refractivity contribution in [3.05, 3.63) is 29.3 Å². The minimum atomic E-state index is -0.667. The molecular formula is C15H21NO3. The van der Waals surface area contributed by atoms with Gasteiger partial charge in [0.2, 0.25) is 5.91 Å². The number of hydrogen-bond donors (Lipinski definition) is 2. The molecule has 1 aromatic rings. The van der Waals surface area contributed by atoms with E-state index < -0.39 is 6.10 Å². The van der Waals surface area contributed by atoms with Gasteiger partial charge in [-0.25, -0.2) is 0 Å². The fourth-order valence-electron chi connectivity index (χ4n) is 2.07. The Bertz CT molecular complexity index is 455. The fourth-order valence-corrected chi connectivity index (χ4v) is 2.07. The van der Waals surface area contributed by atoms with Crippen molar-refractivity contribution in [3.8, 4) is 5.75 Å². The topological polar surface area (TPSA) is 58.6 Å². The van der Waals surface area contributed by atoms with E-state index in [-0.39, 0.29) is 5.91 Å². The summed E-state index contributed by atoms with van der Waals surface area (Å²) in [6.45, 7) is 1.97. The molecule has 1 unspecified atom stereocenters. The van der Waals surface area contributed by atoms with Gasteiger partial charge in [-0.1, -0.05) is 11.6 Å². The molecule has 1 atom stereocenters. The molecule has 0 bridgehead atoms. The Hall–Kier alpha value is -1.55. The lowest BCUT2D eigenvalue weighted by Crippen LogP contribution is -2.25. The average molecular weight is 263 g/mol. The van der Waals surface area contributed by atoms with E-state index in [0.717, 1.165) is 24.0 Å². The normalized spacial score (nSPS) is 15.9. The van der Waals surface area contributed by atoms with Crippen molar-refractivity contribution >= 4 is 5.91 Å². The van der Waals surface area contributed by atoms with Crippen LogP contribution in [0.2, 0.25) is 0 Å². The molecule has 0 spiro atoms. The second-order valence-electron chi connectivity index (χ2n) is 5.14. The number of aliphatic hydroxyl groups is 1. The maximum absolute atomic E-state index is 11.6. The van der Waals surface area contributed by atoms with E-state index in [1.807, 2.05) is 25.1 Å². The first kappa shape index (κ1) is 13.9. The highest BCUT2D eigenvalue weighted by Crippen LogP contribution is 2.29. The molecule has 19 heavy (non-hydrogen) atoms. The highest BCUT2D eigenvalue weighted by molar-refractivity contribution is 5.76. The number of hydrogen-bond acceptors (Lipinski definition) is 3. The van der Waals surface area contributed by atoms with Gasteiger partial charge in [0.25, 0.3) is 0 Å². The summed E-state index contributed by atoms with van der Waals surface area (Å²) in [7, 11) is 1.58. The molecule has 4 nitrogen and oxygen atoms in total. The Morgan fingerprint density at radius 3 is 2.89 bits per heavy atom. The molecule has 1 aromatic carbocycles. The SMILES string of the molecule is COc1ccc(C)cc1C(O)CCC(=O)NC1CC1. The van der Waals surface area contributed by atoms with Crippen molar-refractivity contribution in [2.45, 2.75) is 44.8 Å². The third-order valence-corrected chi connectivity index (χ3v) is 3.33. The summed E-state index contributed by atoms with van der Waals surface area (Å²) in [5.41, 5.74) is 1.82. The Morgan fingerprint density at radius 1 is 1.53 bits per heavy atom. The summed E-state index contributed by atoms with van der Waals surface area (Å²) in [5, 5.41) is 13.1. The maximum atomic E-state index is 11.6. The van der Waals surface area contributed by atoms with Gasteiger partial charge < -0.3 is 15.2 Å². The monoisotopic (exact) mass is 263 g/mol. The predicted molar refractivity (Wildman–Crippen MR) is 73.1 cm³/mol.